The van der Waals surface area contributed by atoms with E-state index in [-0.39, 0.29) is 30.9 Å². The van der Waals surface area contributed by atoms with Crippen LogP contribution in [0.25, 0.3) is 0 Å². The van der Waals surface area contributed by atoms with Crippen LogP contribution in [0.3, 0.4) is 0 Å². The summed E-state index contributed by atoms with van der Waals surface area (Å²) in [5.41, 5.74) is 5.80. The first-order chi connectivity index (χ1) is 11.8. The molecule has 0 spiro atoms. The number of nitrogens with zero attached hydrogens (tertiary/aromatic N) is 1. The lowest BCUT2D eigenvalue weighted by Gasteiger charge is -2.15. The second-order valence-corrected chi connectivity index (χ2v) is 6.46. The van der Waals surface area contributed by atoms with Crippen molar-refractivity contribution in [2.45, 2.75) is 13.0 Å². The number of amides is 2. The first-order valence-corrected chi connectivity index (χ1v) is 8.31. The SMILES string of the molecule is NC(=O)C(CNC(=O)Cn1cc(Br)ccc1=O)Cc1ccc(F)cc1. The van der Waals surface area contributed by atoms with Crippen molar-refractivity contribution in [1.82, 2.24) is 9.88 Å². The highest BCUT2D eigenvalue weighted by molar-refractivity contribution is 9.10. The Kier molecular flexibility index (Phi) is 6.46. The largest absolute Gasteiger partial charge is 0.369 e. The molecule has 25 heavy (non-hydrogen) atoms. The van der Waals surface area contributed by atoms with E-state index in [2.05, 4.69) is 21.2 Å². The number of hydrogen-bond donors (Lipinski definition) is 2. The Labute approximate surface area is 152 Å². The van der Waals surface area contributed by atoms with E-state index in [9.17, 15) is 18.8 Å². The predicted octanol–water partition coefficient (Wildman–Crippen LogP) is 1.21. The Bertz CT molecular complexity index is 821. The lowest BCUT2D eigenvalue weighted by atomic mass is 9.98. The molecule has 1 unspecified atom stereocenters. The number of pyridine rings is 1. The highest BCUT2D eigenvalue weighted by atomic mass is 79.9. The van der Waals surface area contributed by atoms with Crippen molar-refractivity contribution < 1.29 is 14.0 Å². The molecule has 1 aromatic carbocycles. The van der Waals surface area contributed by atoms with Gasteiger partial charge in [-0.05, 0) is 46.1 Å². The van der Waals surface area contributed by atoms with Crippen LogP contribution in [0.1, 0.15) is 5.56 Å². The van der Waals surface area contributed by atoms with Gasteiger partial charge in [0.15, 0.2) is 0 Å². The van der Waals surface area contributed by atoms with Crippen LogP contribution in [-0.2, 0) is 22.6 Å². The predicted molar refractivity (Wildman–Crippen MR) is 94.2 cm³/mol. The summed E-state index contributed by atoms with van der Waals surface area (Å²) < 4.78 is 14.8. The van der Waals surface area contributed by atoms with Crippen molar-refractivity contribution in [2.24, 2.45) is 11.7 Å². The van der Waals surface area contributed by atoms with E-state index < -0.39 is 17.7 Å². The average molecular weight is 410 g/mol. The monoisotopic (exact) mass is 409 g/mol. The molecule has 0 radical (unpaired) electrons. The molecule has 0 aliphatic heterocycles. The average Bonchev–Trinajstić information content (AvgIpc) is 2.56. The molecular formula is C17H17BrFN3O3. The first kappa shape index (κ1) is 18.9. The lowest BCUT2D eigenvalue weighted by molar-refractivity contribution is -0.123. The van der Waals surface area contributed by atoms with Gasteiger partial charge in [-0.25, -0.2) is 4.39 Å². The van der Waals surface area contributed by atoms with Gasteiger partial charge in [0.05, 0.1) is 5.92 Å². The van der Waals surface area contributed by atoms with Crippen LogP contribution in [0.5, 0.6) is 0 Å². The molecule has 6 nitrogen and oxygen atoms in total. The molecule has 1 heterocycles. The van der Waals surface area contributed by atoms with Gasteiger partial charge in [-0.2, -0.15) is 0 Å². The molecule has 0 bridgehead atoms. The van der Waals surface area contributed by atoms with Gasteiger partial charge in [0.25, 0.3) is 5.56 Å². The topological polar surface area (TPSA) is 94.2 Å². The van der Waals surface area contributed by atoms with Gasteiger partial charge < -0.3 is 15.6 Å². The Morgan fingerprint density at radius 2 is 1.88 bits per heavy atom. The number of hydrogen-bond acceptors (Lipinski definition) is 3. The molecule has 0 aliphatic rings. The quantitative estimate of drug-likeness (QED) is 0.719. The summed E-state index contributed by atoms with van der Waals surface area (Å²) in [6, 6.07) is 8.65. The maximum absolute atomic E-state index is 12.9. The van der Waals surface area contributed by atoms with Crippen LogP contribution >= 0.6 is 15.9 Å². The fraction of sp³-hybridized carbons (Fsp3) is 0.235. The van der Waals surface area contributed by atoms with Crippen LogP contribution < -0.4 is 16.6 Å². The van der Waals surface area contributed by atoms with Crippen molar-refractivity contribution >= 4 is 27.7 Å². The summed E-state index contributed by atoms with van der Waals surface area (Å²) in [5, 5.41) is 2.60. The number of carbonyl (C=O) groups excluding carboxylic acids is 2. The molecule has 132 valence electrons. The zero-order valence-corrected chi connectivity index (χ0v) is 14.8. The molecule has 2 aromatic rings. The molecule has 1 aromatic heterocycles. The van der Waals surface area contributed by atoms with E-state index in [4.69, 9.17) is 5.73 Å². The number of carbonyl (C=O) groups is 2. The molecular weight excluding hydrogens is 393 g/mol. The van der Waals surface area contributed by atoms with Crippen LogP contribution in [0.15, 0.2) is 51.9 Å². The molecule has 2 rings (SSSR count). The number of rotatable bonds is 7. The molecule has 1 atom stereocenters. The zero-order chi connectivity index (χ0) is 18.4. The summed E-state index contributed by atoms with van der Waals surface area (Å²) in [4.78, 5) is 35.3. The van der Waals surface area contributed by atoms with Crippen molar-refractivity contribution in [2.75, 3.05) is 6.54 Å². The summed E-state index contributed by atoms with van der Waals surface area (Å²) in [7, 11) is 0. The minimum Gasteiger partial charge on any atom is -0.369 e. The maximum Gasteiger partial charge on any atom is 0.251 e. The van der Waals surface area contributed by atoms with Crippen molar-refractivity contribution in [3.05, 3.63) is 68.8 Å². The van der Waals surface area contributed by atoms with E-state index in [1.54, 1.807) is 18.2 Å². The highest BCUT2D eigenvalue weighted by Crippen LogP contribution is 2.10. The van der Waals surface area contributed by atoms with Crippen LogP contribution in [0, 0.1) is 11.7 Å². The maximum atomic E-state index is 12.9. The number of nitrogens with one attached hydrogen (secondary N) is 1. The fourth-order valence-corrected chi connectivity index (χ4v) is 2.63. The summed E-state index contributed by atoms with van der Waals surface area (Å²) >= 11 is 3.23. The van der Waals surface area contributed by atoms with Crippen molar-refractivity contribution in [3.8, 4) is 0 Å². The molecule has 0 saturated carbocycles. The van der Waals surface area contributed by atoms with Crippen molar-refractivity contribution in [1.29, 1.82) is 0 Å². The third kappa shape index (κ3) is 5.82. The lowest BCUT2D eigenvalue weighted by Crippen LogP contribution is -2.39. The van der Waals surface area contributed by atoms with Crippen LogP contribution in [-0.4, -0.2) is 22.9 Å². The highest BCUT2D eigenvalue weighted by Gasteiger charge is 2.17. The molecule has 8 heteroatoms. The van der Waals surface area contributed by atoms with E-state index in [1.807, 2.05) is 0 Å². The third-order valence-corrected chi connectivity index (χ3v) is 4.07. The Balaban J connectivity index is 1.95. The van der Waals surface area contributed by atoms with Gasteiger partial charge in [0.2, 0.25) is 11.8 Å². The summed E-state index contributed by atoms with van der Waals surface area (Å²) in [6.07, 6.45) is 1.79. The van der Waals surface area contributed by atoms with E-state index in [1.165, 1.54) is 29.0 Å². The molecule has 0 fully saturated rings. The van der Waals surface area contributed by atoms with Gasteiger partial charge in [0, 0.05) is 23.3 Å². The standard InChI is InChI=1S/C17H17BrFN3O3/c18-13-3-6-16(24)22(9-13)10-15(23)21-8-12(17(20)25)7-11-1-4-14(19)5-2-11/h1-6,9,12H,7-8,10H2,(H2,20,25)(H,21,23). The summed E-state index contributed by atoms with van der Waals surface area (Å²) in [6.45, 7) is -0.130. The number of primary amides is 1. The minimum absolute atomic E-state index is 0.0360. The number of aromatic nitrogens is 1. The number of benzene rings is 1. The number of nitrogens with two attached hydrogens (primary N) is 1. The van der Waals surface area contributed by atoms with Gasteiger partial charge >= 0.3 is 0 Å². The van der Waals surface area contributed by atoms with Gasteiger partial charge in [-0.3, -0.25) is 14.4 Å². The fourth-order valence-electron chi connectivity index (χ4n) is 2.25. The van der Waals surface area contributed by atoms with Crippen molar-refractivity contribution in [3.63, 3.8) is 0 Å². The first-order valence-electron chi connectivity index (χ1n) is 7.51. The zero-order valence-electron chi connectivity index (χ0n) is 13.2. The molecule has 3 N–H and O–H groups in total. The number of halogens is 2. The van der Waals surface area contributed by atoms with Gasteiger partial charge in [-0.1, -0.05) is 12.1 Å². The molecule has 0 saturated heterocycles. The molecule has 0 aliphatic carbocycles. The molecule has 2 amide bonds. The minimum atomic E-state index is -0.631. The Hall–Kier alpha value is -2.48. The smallest absolute Gasteiger partial charge is 0.251 e. The van der Waals surface area contributed by atoms with E-state index in [0.29, 0.717) is 4.47 Å². The second kappa shape index (κ2) is 8.57. The Morgan fingerprint density at radius 1 is 1.20 bits per heavy atom. The second-order valence-electron chi connectivity index (χ2n) is 5.55. The van der Waals surface area contributed by atoms with Crippen LogP contribution in [0.2, 0.25) is 0 Å². The Morgan fingerprint density at radius 3 is 2.52 bits per heavy atom. The van der Waals surface area contributed by atoms with Gasteiger partial charge in [0.1, 0.15) is 12.4 Å². The summed E-state index contributed by atoms with van der Waals surface area (Å²) in [5.74, 6) is -1.98. The normalized spacial score (nSPS) is 11.8. The van der Waals surface area contributed by atoms with Crippen LogP contribution in [0.4, 0.5) is 4.39 Å². The van der Waals surface area contributed by atoms with E-state index >= 15 is 0 Å². The van der Waals surface area contributed by atoms with Gasteiger partial charge in [-0.15, -0.1) is 0 Å². The third-order valence-electron chi connectivity index (χ3n) is 3.60. The van der Waals surface area contributed by atoms with E-state index in [0.717, 1.165) is 5.56 Å².